The van der Waals surface area contributed by atoms with Crippen molar-refractivity contribution >= 4 is 17.2 Å². The van der Waals surface area contributed by atoms with Crippen LogP contribution in [0.3, 0.4) is 0 Å². The summed E-state index contributed by atoms with van der Waals surface area (Å²) in [5.74, 6) is 1.64. The van der Waals surface area contributed by atoms with Gasteiger partial charge in [-0.1, -0.05) is 0 Å². The number of benzene rings is 1. The van der Waals surface area contributed by atoms with Crippen LogP contribution in [0.5, 0.6) is 11.5 Å². The van der Waals surface area contributed by atoms with Crippen LogP contribution in [-0.2, 0) is 6.42 Å². The van der Waals surface area contributed by atoms with E-state index < -0.39 is 0 Å². The van der Waals surface area contributed by atoms with Gasteiger partial charge in [0.1, 0.15) is 23.0 Å². The van der Waals surface area contributed by atoms with Gasteiger partial charge in [0.25, 0.3) is 0 Å². The lowest BCUT2D eigenvalue weighted by Gasteiger charge is -2.06. The molecule has 0 fully saturated rings. The second kappa shape index (κ2) is 6.91. The van der Waals surface area contributed by atoms with Gasteiger partial charge in [0.05, 0.1) is 18.2 Å². The van der Waals surface area contributed by atoms with E-state index in [1.54, 1.807) is 5.38 Å². The molecule has 0 aliphatic carbocycles. The van der Waals surface area contributed by atoms with Gasteiger partial charge in [0, 0.05) is 11.8 Å². The van der Waals surface area contributed by atoms with Gasteiger partial charge < -0.3 is 15.2 Å². The molecule has 2 aromatic rings. The van der Waals surface area contributed by atoms with Crippen molar-refractivity contribution in [3.63, 3.8) is 0 Å². The second-order valence-corrected chi connectivity index (χ2v) is 4.99. The summed E-state index contributed by atoms with van der Waals surface area (Å²) in [6.45, 7) is 3.15. The van der Waals surface area contributed by atoms with E-state index in [0.717, 1.165) is 16.5 Å². The number of amidine groups is 1. The number of hydrogen-bond acceptors (Lipinski definition) is 5. The van der Waals surface area contributed by atoms with Crippen molar-refractivity contribution in [2.45, 2.75) is 13.3 Å². The lowest BCUT2D eigenvalue weighted by Crippen LogP contribution is -2.11. The smallest absolute Gasteiger partial charge is 0.142 e. The van der Waals surface area contributed by atoms with Crippen molar-refractivity contribution in [3.8, 4) is 11.5 Å². The highest BCUT2D eigenvalue weighted by molar-refractivity contribution is 7.09. The molecule has 0 saturated heterocycles. The minimum atomic E-state index is -0.0000636. The maximum atomic E-state index is 7.29. The topological polar surface area (TPSA) is 81.2 Å². The highest BCUT2D eigenvalue weighted by atomic mass is 32.1. The molecular weight excluding hydrogens is 274 g/mol. The average Bonchev–Trinajstić information content (AvgIpc) is 2.90. The van der Waals surface area contributed by atoms with Gasteiger partial charge in [-0.05, 0) is 31.2 Å². The Morgan fingerprint density at radius 3 is 2.45 bits per heavy atom. The molecular formula is C14H17N3O2S. The Bertz CT molecular complexity index is 566. The molecule has 1 heterocycles. The first-order valence-electron chi connectivity index (χ1n) is 6.33. The van der Waals surface area contributed by atoms with Crippen molar-refractivity contribution in [3.05, 3.63) is 40.3 Å². The van der Waals surface area contributed by atoms with Crippen molar-refractivity contribution in [1.29, 1.82) is 5.41 Å². The molecule has 0 aliphatic rings. The molecule has 5 nitrogen and oxygen atoms in total. The monoisotopic (exact) mass is 291 g/mol. The molecule has 106 valence electrons. The number of hydrogen-bond donors (Lipinski definition) is 2. The predicted molar refractivity (Wildman–Crippen MR) is 79.9 cm³/mol. The number of nitrogens with one attached hydrogen (secondary N) is 1. The summed E-state index contributed by atoms with van der Waals surface area (Å²) in [6.07, 6.45) is 0.700. The molecule has 0 aliphatic heterocycles. The predicted octanol–water partition coefficient (Wildman–Crippen LogP) is 2.45. The molecule has 0 bridgehead atoms. The third-order valence-electron chi connectivity index (χ3n) is 2.55. The fraction of sp³-hybridized carbons (Fsp3) is 0.286. The normalized spacial score (nSPS) is 10.2. The first-order valence-corrected chi connectivity index (χ1v) is 7.21. The van der Waals surface area contributed by atoms with Gasteiger partial charge in [-0.2, -0.15) is 0 Å². The van der Waals surface area contributed by atoms with E-state index in [2.05, 4.69) is 4.98 Å². The minimum absolute atomic E-state index is 0.0000636. The van der Waals surface area contributed by atoms with Gasteiger partial charge in [0.2, 0.25) is 0 Å². The Hall–Kier alpha value is -2.08. The molecule has 3 N–H and O–H groups in total. The van der Waals surface area contributed by atoms with Gasteiger partial charge in [-0.15, -0.1) is 11.3 Å². The fourth-order valence-corrected chi connectivity index (χ4v) is 2.38. The summed E-state index contributed by atoms with van der Waals surface area (Å²) in [5.41, 5.74) is 5.90. The summed E-state index contributed by atoms with van der Waals surface area (Å²) in [6, 6.07) is 7.54. The van der Waals surface area contributed by atoms with Crippen LogP contribution in [-0.4, -0.2) is 24.0 Å². The summed E-state index contributed by atoms with van der Waals surface area (Å²) < 4.78 is 11.0. The molecule has 1 aromatic carbocycles. The highest BCUT2D eigenvalue weighted by Gasteiger charge is 2.04. The molecule has 0 spiro atoms. The number of rotatable bonds is 7. The van der Waals surface area contributed by atoms with Gasteiger partial charge >= 0.3 is 0 Å². The zero-order chi connectivity index (χ0) is 14.4. The second-order valence-electron chi connectivity index (χ2n) is 4.04. The Morgan fingerprint density at radius 2 is 1.90 bits per heavy atom. The average molecular weight is 291 g/mol. The fourth-order valence-electron chi connectivity index (χ4n) is 1.60. The van der Waals surface area contributed by atoms with E-state index in [1.807, 2.05) is 31.2 Å². The Balaban J connectivity index is 1.81. The van der Waals surface area contributed by atoms with Crippen molar-refractivity contribution in [1.82, 2.24) is 4.98 Å². The maximum Gasteiger partial charge on any atom is 0.142 e. The highest BCUT2D eigenvalue weighted by Crippen LogP contribution is 2.18. The molecule has 1 aromatic heterocycles. The van der Waals surface area contributed by atoms with Crippen molar-refractivity contribution in [2.24, 2.45) is 5.73 Å². The van der Waals surface area contributed by atoms with Crippen molar-refractivity contribution < 1.29 is 9.47 Å². The van der Waals surface area contributed by atoms with Crippen LogP contribution in [0.4, 0.5) is 0 Å². The summed E-state index contributed by atoms with van der Waals surface area (Å²) in [5, 5.41) is 10.00. The van der Waals surface area contributed by atoms with Crippen LogP contribution < -0.4 is 15.2 Å². The standard InChI is InChI=1S/C14H17N3O2S/c1-2-18-10-3-5-11(6-4-10)19-8-7-13-17-12(9-20-13)14(15)16/h3-6,9H,2,7-8H2,1H3,(H3,15,16). The van der Waals surface area contributed by atoms with E-state index in [-0.39, 0.29) is 5.84 Å². The van der Waals surface area contributed by atoms with Crippen molar-refractivity contribution in [2.75, 3.05) is 13.2 Å². The van der Waals surface area contributed by atoms with E-state index in [1.165, 1.54) is 11.3 Å². The molecule has 6 heteroatoms. The van der Waals surface area contributed by atoms with Gasteiger partial charge in [-0.3, -0.25) is 5.41 Å². The van der Waals surface area contributed by atoms with Crippen LogP contribution in [0, 0.1) is 5.41 Å². The van der Waals surface area contributed by atoms with Crippen LogP contribution in [0.2, 0.25) is 0 Å². The first kappa shape index (κ1) is 14.3. The third kappa shape index (κ3) is 3.96. The van der Waals surface area contributed by atoms with Gasteiger partial charge in [0.15, 0.2) is 0 Å². The van der Waals surface area contributed by atoms with Gasteiger partial charge in [-0.25, -0.2) is 4.98 Å². The van der Waals surface area contributed by atoms with Crippen LogP contribution in [0.25, 0.3) is 0 Å². The third-order valence-corrected chi connectivity index (χ3v) is 3.46. The summed E-state index contributed by atoms with van der Waals surface area (Å²) >= 11 is 1.49. The molecule has 0 atom stereocenters. The Labute approximate surface area is 121 Å². The number of ether oxygens (including phenoxy) is 2. The minimum Gasteiger partial charge on any atom is -0.494 e. The number of aromatic nitrogens is 1. The molecule has 0 amide bonds. The lowest BCUT2D eigenvalue weighted by atomic mass is 10.3. The largest absolute Gasteiger partial charge is 0.494 e. The SMILES string of the molecule is CCOc1ccc(OCCc2nc(C(=N)N)cs2)cc1. The molecule has 20 heavy (non-hydrogen) atoms. The number of nitrogens with two attached hydrogens (primary N) is 1. The lowest BCUT2D eigenvalue weighted by molar-refractivity contribution is 0.318. The maximum absolute atomic E-state index is 7.29. The summed E-state index contributed by atoms with van der Waals surface area (Å²) in [7, 11) is 0. The van der Waals surface area contributed by atoms with E-state index in [0.29, 0.717) is 25.3 Å². The Kier molecular flexibility index (Phi) is 4.95. The molecule has 0 radical (unpaired) electrons. The molecule has 0 unspecified atom stereocenters. The van der Waals surface area contributed by atoms with E-state index in [9.17, 15) is 0 Å². The zero-order valence-electron chi connectivity index (χ0n) is 11.3. The number of thiazole rings is 1. The number of nitrogen functional groups attached to an aromatic ring is 1. The summed E-state index contributed by atoms with van der Waals surface area (Å²) in [4.78, 5) is 4.25. The first-order chi connectivity index (χ1) is 9.69. The molecule has 0 saturated carbocycles. The quantitative estimate of drug-likeness (QED) is 0.606. The van der Waals surface area contributed by atoms with Crippen LogP contribution >= 0.6 is 11.3 Å². The van der Waals surface area contributed by atoms with E-state index in [4.69, 9.17) is 20.6 Å². The number of nitrogens with zero attached hydrogens (tertiary/aromatic N) is 1. The Morgan fingerprint density at radius 1 is 1.25 bits per heavy atom. The van der Waals surface area contributed by atoms with E-state index >= 15 is 0 Å². The van der Waals surface area contributed by atoms with Crippen LogP contribution in [0.15, 0.2) is 29.6 Å². The van der Waals surface area contributed by atoms with Crippen LogP contribution in [0.1, 0.15) is 17.6 Å². The molecule has 2 rings (SSSR count). The zero-order valence-corrected chi connectivity index (χ0v) is 12.1.